The number of nitro groups is 1. The monoisotopic (exact) mass is 228 g/mol. The summed E-state index contributed by atoms with van der Waals surface area (Å²) in [6, 6.07) is 5.41. The fourth-order valence-electron chi connectivity index (χ4n) is 0.839. The molecule has 6 nitrogen and oxygen atoms in total. The van der Waals surface area contributed by atoms with E-state index in [9.17, 15) is 18.5 Å². The van der Waals surface area contributed by atoms with Crippen molar-refractivity contribution in [3.05, 3.63) is 39.9 Å². The first-order valence-corrected chi connectivity index (χ1v) is 5.73. The molecular formula is C8H8N2O4S. The van der Waals surface area contributed by atoms with Gasteiger partial charge in [0.05, 0.1) is 11.2 Å². The van der Waals surface area contributed by atoms with Crippen molar-refractivity contribution in [1.29, 1.82) is 0 Å². The molecule has 1 rings (SSSR count). The van der Waals surface area contributed by atoms with Crippen LogP contribution in [0.15, 0.2) is 28.7 Å². The van der Waals surface area contributed by atoms with Gasteiger partial charge in [-0.2, -0.15) is 4.40 Å². The van der Waals surface area contributed by atoms with Crippen molar-refractivity contribution in [2.45, 2.75) is 0 Å². The Morgan fingerprint density at radius 2 is 1.87 bits per heavy atom. The van der Waals surface area contributed by atoms with Crippen LogP contribution in [-0.2, 0) is 10.0 Å². The summed E-state index contributed by atoms with van der Waals surface area (Å²) >= 11 is 0. The number of hydrogen-bond donors (Lipinski definition) is 0. The van der Waals surface area contributed by atoms with Crippen LogP contribution in [0.1, 0.15) is 5.56 Å². The topological polar surface area (TPSA) is 89.6 Å². The van der Waals surface area contributed by atoms with Gasteiger partial charge in [0.2, 0.25) is 10.0 Å². The second-order valence-electron chi connectivity index (χ2n) is 2.82. The van der Waals surface area contributed by atoms with Gasteiger partial charge in [0.25, 0.3) is 5.69 Å². The van der Waals surface area contributed by atoms with Gasteiger partial charge in [-0.05, 0) is 17.7 Å². The Morgan fingerprint density at radius 1 is 1.33 bits per heavy atom. The third kappa shape index (κ3) is 3.86. The summed E-state index contributed by atoms with van der Waals surface area (Å²) in [6.45, 7) is 0. The minimum atomic E-state index is -3.41. The normalized spacial score (nSPS) is 11.8. The molecule has 0 aliphatic carbocycles. The molecule has 0 saturated heterocycles. The summed E-state index contributed by atoms with van der Waals surface area (Å²) in [6.07, 6.45) is 2.11. The van der Waals surface area contributed by atoms with Crippen molar-refractivity contribution < 1.29 is 13.3 Å². The van der Waals surface area contributed by atoms with Crippen LogP contribution >= 0.6 is 0 Å². The molecule has 0 amide bonds. The van der Waals surface area contributed by atoms with Gasteiger partial charge in [-0.3, -0.25) is 10.1 Å². The Kier molecular flexibility index (Phi) is 3.15. The van der Waals surface area contributed by atoms with E-state index in [4.69, 9.17) is 0 Å². The van der Waals surface area contributed by atoms with E-state index in [0.717, 1.165) is 12.5 Å². The highest BCUT2D eigenvalue weighted by Crippen LogP contribution is 2.10. The quantitative estimate of drug-likeness (QED) is 0.438. The van der Waals surface area contributed by atoms with E-state index in [0.29, 0.717) is 5.56 Å². The molecule has 0 unspecified atom stereocenters. The lowest BCUT2D eigenvalue weighted by Gasteiger charge is -1.92. The number of non-ortho nitro benzene ring substituents is 1. The summed E-state index contributed by atoms with van der Waals surface area (Å²) in [5, 5.41) is 10.3. The number of hydrogen-bond acceptors (Lipinski definition) is 4. The fraction of sp³-hybridized carbons (Fsp3) is 0.125. The van der Waals surface area contributed by atoms with E-state index in [-0.39, 0.29) is 5.69 Å². The molecule has 1 aromatic rings. The van der Waals surface area contributed by atoms with Crippen LogP contribution in [0.25, 0.3) is 0 Å². The predicted molar refractivity (Wildman–Crippen MR) is 55.5 cm³/mol. The SMILES string of the molecule is CS(=O)(=O)/N=C/c1ccc([N+](=O)[O-])cc1. The number of nitro benzene ring substituents is 1. The largest absolute Gasteiger partial charge is 0.269 e. The second kappa shape index (κ2) is 4.18. The summed E-state index contributed by atoms with van der Waals surface area (Å²) in [5.41, 5.74) is 0.442. The third-order valence-corrected chi connectivity index (χ3v) is 1.99. The van der Waals surface area contributed by atoms with Gasteiger partial charge < -0.3 is 0 Å². The minimum Gasteiger partial charge on any atom is -0.258 e. The molecule has 0 aliphatic rings. The lowest BCUT2D eigenvalue weighted by molar-refractivity contribution is -0.384. The van der Waals surface area contributed by atoms with E-state index in [1.54, 1.807) is 0 Å². The van der Waals surface area contributed by atoms with Crippen LogP contribution in [0.3, 0.4) is 0 Å². The van der Waals surface area contributed by atoms with Crippen LogP contribution in [0, 0.1) is 10.1 Å². The average Bonchev–Trinajstić information content (AvgIpc) is 2.14. The second-order valence-corrected chi connectivity index (χ2v) is 4.49. The summed E-state index contributed by atoms with van der Waals surface area (Å²) in [7, 11) is -3.41. The van der Waals surface area contributed by atoms with E-state index in [2.05, 4.69) is 4.40 Å². The van der Waals surface area contributed by atoms with E-state index in [1.165, 1.54) is 24.3 Å². The highest BCUT2D eigenvalue weighted by atomic mass is 32.2. The first-order chi connectivity index (χ1) is 6.88. The van der Waals surface area contributed by atoms with E-state index in [1.807, 2.05) is 0 Å². The lowest BCUT2D eigenvalue weighted by atomic mass is 10.2. The Morgan fingerprint density at radius 3 is 2.27 bits per heavy atom. The Balaban J connectivity index is 2.91. The molecule has 0 N–H and O–H groups in total. The van der Waals surface area contributed by atoms with Gasteiger partial charge >= 0.3 is 0 Å². The maximum atomic E-state index is 10.7. The zero-order valence-electron chi connectivity index (χ0n) is 7.82. The van der Waals surface area contributed by atoms with E-state index < -0.39 is 14.9 Å². The number of benzene rings is 1. The number of sulfonamides is 1. The zero-order valence-corrected chi connectivity index (χ0v) is 8.64. The maximum absolute atomic E-state index is 10.7. The Labute approximate surface area is 86.5 Å². The van der Waals surface area contributed by atoms with Crippen LogP contribution in [-0.4, -0.2) is 25.8 Å². The standard InChI is InChI=1S/C8H8N2O4S/c1-15(13,14)9-6-7-2-4-8(5-3-7)10(11)12/h2-6H,1H3/b9-6+. The Bertz CT molecular complexity index is 490. The van der Waals surface area contributed by atoms with Crippen LogP contribution in [0.4, 0.5) is 5.69 Å². The van der Waals surface area contributed by atoms with Gasteiger partial charge in [0.1, 0.15) is 0 Å². The van der Waals surface area contributed by atoms with Gasteiger partial charge in [-0.15, -0.1) is 0 Å². The molecular weight excluding hydrogens is 220 g/mol. The number of nitrogens with zero attached hydrogens (tertiary/aromatic N) is 2. The van der Waals surface area contributed by atoms with Gasteiger partial charge in [0.15, 0.2) is 0 Å². The van der Waals surface area contributed by atoms with Crippen molar-refractivity contribution >= 4 is 21.9 Å². The van der Waals surface area contributed by atoms with E-state index >= 15 is 0 Å². The summed E-state index contributed by atoms with van der Waals surface area (Å²) in [4.78, 5) is 9.78. The minimum absolute atomic E-state index is 0.0495. The molecule has 0 aromatic heterocycles. The predicted octanol–water partition coefficient (Wildman–Crippen LogP) is 0.973. The first kappa shape index (κ1) is 11.3. The van der Waals surface area contributed by atoms with Crippen LogP contribution in [0.2, 0.25) is 0 Å². The molecule has 0 radical (unpaired) electrons. The fourth-order valence-corrected chi connectivity index (χ4v) is 1.15. The van der Waals surface area contributed by atoms with Crippen molar-refractivity contribution in [3.8, 4) is 0 Å². The van der Waals surface area contributed by atoms with Gasteiger partial charge in [0, 0.05) is 18.3 Å². The molecule has 0 spiro atoms. The van der Waals surface area contributed by atoms with Gasteiger partial charge in [-0.25, -0.2) is 8.42 Å². The first-order valence-electron chi connectivity index (χ1n) is 3.88. The highest BCUT2D eigenvalue weighted by Gasteiger charge is 2.02. The lowest BCUT2D eigenvalue weighted by Crippen LogP contribution is -1.92. The molecule has 0 atom stereocenters. The van der Waals surface area contributed by atoms with Gasteiger partial charge in [-0.1, -0.05) is 0 Å². The zero-order chi connectivity index (χ0) is 11.5. The van der Waals surface area contributed by atoms with Crippen LogP contribution in [0.5, 0.6) is 0 Å². The molecule has 7 heteroatoms. The smallest absolute Gasteiger partial charge is 0.258 e. The molecule has 80 valence electrons. The third-order valence-electron chi connectivity index (χ3n) is 1.50. The molecule has 0 aliphatic heterocycles. The van der Waals surface area contributed by atoms with Crippen molar-refractivity contribution in [2.24, 2.45) is 4.40 Å². The molecule has 0 saturated carbocycles. The summed E-state index contributed by atoms with van der Waals surface area (Å²) in [5.74, 6) is 0. The Hall–Kier alpha value is -1.76. The molecule has 0 heterocycles. The van der Waals surface area contributed by atoms with Crippen molar-refractivity contribution in [1.82, 2.24) is 0 Å². The molecule has 0 bridgehead atoms. The molecule has 1 aromatic carbocycles. The maximum Gasteiger partial charge on any atom is 0.269 e. The summed E-state index contributed by atoms with van der Waals surface area (Å²) < 4.78 is 24.6. The average molecular weight is 228 g/mol. The van der Waals surface area contributed by atoms with Crippen molar-refractivity contribution in [2.75, 3.05) is 6.26 Å². The molecule has 0 fully saturated rings. The van der Waals surface area contributed by atoms with Crippen molar-refractivity contribution in [3.63, 3.8) is 0 Å². The van der Waals surface area contributed by atoms with Crippen LogP contribution < -0.4 is 0 Å². The number of rotatable bonds is 3. The highest BCUT2D eigenvalue weighted by molar-refractivity contribution is 7.89. The molecule has 15 heavy (non-hydrogen) atoms.